The lowest BCUT2D eigenvalue weighted by atomic mass is 9.77. The Morgan fingerprint density at radius 1 is 1.00 bits per heavy atom. The maximum atomic E-state index is 13.3. The molecule has 0 bridgehead atoms. The van der Waals surface area contributed by atoms with Crippen molar-refractivity contribution in [1.82, 2.24) is 0 Å². The van der Waals surface area contributed by atoms with Crippen LogP contribution in [0.1, 0.15) is 42.7 Å². The fourth-order valence-electron chi connectivity index (χ4n) is 4.16. The van der Waals surface area contributed by atoms with Crippen molar-refractivity contribution in [1.29, 1.82) is 0 Å². The summed E-state index contributed by atoms with van der Waals surface area (Å²) in [6, 6.07) is 10.7. The zero-order valence-corrected chi connectivity index (χ0v) is 17.5. The molecule has 2 aromatic carbocycles. The Bertz CT molecular complexity index is 1030. The number of Topliss-reactive ketones (excluding diaryl/α,β-unsaturated/α-hetero) is 1. The Morgan fingerprint density at radius 2 is 1.79 bits per heavy atom. The van der Waals surface area contributed by atoms with E-state index in [0.29, 0.717) is 33.5 Å². The number of benzene rings is 2. The average molecular weight is 435 g/mol. The van der Waals surface area contributed by atoms with E-state index in [1.165, 1.54) is 0 Å². The second-order valence-corrected chi connectivity index (χ2v) is 8.42. The second-order valence-electron chi connectivity index (χ2n) is 7.17. The summed E-state index contributed by atoms with van der Waals surface area (Å²) >= 11 is 18.8. The van der Waals surface area contributed by atoms with E-state index in [1.54, 1.807) is 23.1 Å². The predicted octanol–water partition coefficient (Wildman–Crippen LogP) is 6.48. The molecule has 1 atom stereocenters. The molecule has 4 rings (SSSR count). The van der Waals surface area contributed by atoms with Crippen LogP contribution in [0.5, 0.6) is 0 Å². The number of ketones is 1. The fraction of sp³-hybridized carbons (Fsp3) is 0.273. The van der Waals surface area contributed by atoms with E-state index in [4.69, 9.17) is 34.8 Å². The molecule has 0 fully saturated rings. The number of halogens is 3. The molecule has 0 radical (unpaired) electrons. The standard InChI is InChI=1S/C22H18Cl3NO2/c1-12-16(24)4-2-5-18(12)26-19-6-3-7-20(27)22(19)15(11-21(26)28)14-9-8-13(23)10-17(14)25/h2,4-5,8-10,15H,3,6-7,11H2,1H3. The van der Waals surface area contributed by atoms with Crippen LogP contribution >= 0.6 is 34.8 Å². The van der Waals surface area contributed by atoms with Crippen molar-refractivity contribution in [2.45, 2.75) is 38.5 Å². The number of rotatable bonds is 2. The summed E-state index contributed by atoms with van der Waals surface area (Å²) in [4.78, 5) is 27.9. The van der Waals surface area contributed by atoms with Crippen molar-refractivity contribution in [3.63, 3.8) is 0 Å². The van der Waals surface area contributed by atoms with Crippen LogP contribution in [-0.2, 0) is 9.59 Å². The number of nitrogens with zero attached hydrogens (tertiary/aromatic N) is 1. The zero-order chi connectivity index (χ0) is 20.0. The minimum atomic E-state index is -0.351. The van der Waals surface area contributed by atoms with Gasteiger partial charge in [-0.1, -0.05) is 46.9 Å². The van der Waals surface area contributed by atoms with Crippen molar-refractivity contribution in [2.24, 2.45) is 0 Å². The van der Waals surface area contributed by atoms with Crippen molar-refractivity contribution in [3.05, 3.63) is 73.9 Å². The van der Waals surface area contributed by atoms with Crippen LogP contribution in [0.2, 0.25) is 15.1 Å². The maximum Gasteiger partial charge on any atom is 0.232 e. The first-order chi connectivity index (χ1) is 13.4. The maximum absolute atomic E-state index is 13.3. The Labute approximate surface area is 178 Å². The summed E-state index contributed by atoms with van der Waals surface area (Å²) in [5.74, 6) is -0.333. The van der Waals surface area contributed by atoms with Crippen LogP contribution in [0, 0.1) is 6.92 Å². The molecule has 0 saturated carbocycles. The predicted molar refractivity (Wildman–Crippen MR) is 113 cm³/mol. The largest absolute Gasteiger partial charge is 0.294 e. The van der Waals surface area contributed by atoms with Gasteiger partial charge in [0.2, 0.25) is 5.91 Å². The van der Waals surface area contributed by atoms with E-state index in [-0.39, 0.29) is 24.0 Å². The molecule has 0 N–H and O–H groups in total. The minimum absolute atomic E-state index is 0.0603. The van der Waals surface area contributed by atoms with Gasteiger partial charge in [-0.15, -0.1) is 0 Å². The van der Waals surface area contributed by atoms with Gasteiger partial charge in [0.1, 0.15) is 0 Å². The van der Waals surface area contributed by atoms with E-state index >= 15 is 0 Å². The fourth-order valence-corrected chi connectivity index (χ4v) is 4.87. The Balaban J connectivity index is 1.91. The number of hydrogen-bond donors (Lipinski definition) is 0. The van der Waals surface area contributed by atoms with E-state index in [0.717, 1.165) is 28.9 Å². The monoisotopic (exact) mass is 433 g/mol. The molecule has 2 aromatic rings. The summed E-state index contributed by atoms with van der Waals surface area (Å²) in [5, 5.41) is 1.59. The Hall–Kier alpha value is -1.81. The third-order valence-corrected chi connectivity index (χ3v) is 6.47. The summed E-state index contributed by atoms with van der Waals surface area (Å²) in [5.41, 5.74) is 3.79. The average Bonchev–Trinajstić information content (AvgIpc) is 2.64. The number of allylic oxidation sites excluding steroid dienone is 2. The first kappa shape index (κ1) is 19.5. The smallest absolute Gasteiger partial charge is 0.232 e. The molecular weight excluding hydrogens is 417 g/mol. The molecule has 0 spiro atoms. The molecule has 2 aliphatic rings. The highest BCUT2D eigenvalue weighted by Crippen LogP contribution is 2.46. The molecule has 1 amide bonds. The molecular formula is C22H18Cl3NO2. The minimum Gasteiger partial charge on any atom is -0.294 e. The van der Waals surface area contributed by atoms with E-state index in [2.05, 4.69) is 0 Å². The number of amides is 1. The highest BCUT2D eigenvalue weighted by atomic mass is 35.5. The molecule has 3 nitrogen and oxygen atoms in total. The normalized spacial score (nSPS) is 19.9. The van der Waals surface area contributed by atoms with Crippen LogP contribution in [0.15, 0.2) is 47.7 Å². The summed E-state index contributed by atoms with van der Waals surface area (Å²) in [7, 11) is 0. The van der Waals surface area contributed by atoms with Gasteiger partial charge in [0, 0.05) is 45.1 Å². The summed E-state index contributed by atoms with van der Waals surface area (Å²) in [6.45, 7) is 1.89. The third-order valence-electron chi connectivity index (χ3n) is 5.49. The van der Waals surface area contributed by atoms with Gasteiger partial charge in [0.15, 0.2) is 5.78 Å². The number of hydrogen-bond acceptors (Lipinski definition) is 2. The first-order valence-corrected chi connectivity index (χ1v) is 10.3. The molecule has 144 valence electrons. The lowest BCUT2D eigenvalue weighted by Gasteiger charge is -2.39. The van der Waals surface area contributed by atoms with Crippen LogP contribution in [0.25, 0.3) is 0 Å². The summed E-state index contributed by atoms with van der Waals surface area (Å²) in [6.07, 6.45) is 2.05. The quantitative estimate of drug-likeness (QED) is 0.542. The number of anilines is 1. The Kier molecular flexibility index (Phi) is 5.26. The first-order valence-electron chi connectivity index (χ1n) is 9.17. The molecule has 1 heterocycles. The van der Waals surface area contributed by atoms with Gasteiger partial charge in [0.25, 0.3) is 0 Å². The van der Waals surface area contributed by atoms with Gasteiger partial charge >= 0.3 is 0 Å². The number of carbonyl (C=O) groups is 2. The topological polar surface area (TPSA) is 37.4 Å². The van der Waals surface area contributed by atoms with Gasteiger partial charge in [-0.2, -0.15) is 0 Å². The lowest BCUT2D eigenvalue weighted by Crippen LogP contribution is -2.41. The highest BCUT2D eigenvalue weighted by Gasteiger charge is 2.40. The molecule has 28 heavy (non-hydrogen) atoms. The van der Waals surface area contributed by atoms with Gasteiger partial charge < -0.3 is 0 Å². The van der Waals surface area contributed by atoms with Gasteiger partial charge in [-0.25, -0.2) is 0 Å². The van der Waals surface area contributed by atoms with E-state index in [9.17, 15) is 9.59 Å². The van der Waals surface area contributed by atoms with Crippen molar-refractivity contribution >= 4 is 52.2 Å². The van der Waals surface area contributed by atoms with Gasteiger partial charge in [-0.3, -0.25) is 14.5 Å². The van der Waals surface area contributed by atoms with Crippen molar-refractivity contribution in [2.75, 3.05) is 4.90 Å². The van der Waals surface area contributed by atoms with Crippen molar-refractivity contribution < 1.29 is 9.59 Å². The van der Waals surface area contributed by atoms with E-state index in [1.807, 2.05) is 25.1 Å². The third kappa shape index (κ3) is 3.26. The molecule has 1 unspecified atom stereocenters. The molecule has 1 aliphatic heterocycles. The summed E-state index contributed by atoms with van der Waals surface area (Å²) < 4.78 is 0. The number of carbonyl (C=O) groups excluding carboxylic acids is 2. The molecule has 6 heteroatoms. The van der Waals surface area contributed by atoms with Crippen LogP contribution in [0.4, 0.5) is 5.69 Å². The van der Waals surface area contributed by atoms with Gasteiger partial charge in [0.05, 0.1) is 5.69 Å². The Morgan fingerprint density at radius 3 is 2.54 bits per heavy atom. The van der Waals surface area contributed by atoms with Crippen LogP contribution in [-0.4, -0.2) is 11.7 Å². The zero-order valence-electron chi connectivity index (χ0n) is 15.3. The van der Waals surface area contributed by atoms with Crippen LogP contribution in [0.3, 0.4) is 0 Å². The molecule has 1 aliphatic carbocycles. The van der Waals surface area contributed by atoms with Crippen LogP contribution < -0.4 is 4.90 Å². The van der Waals surface area contributed by atoms with Gasteiger partial charge in [-0.05, 0) is 55.2 Å². The van der Waals surface area contributed by atoms with Crippen molar-refractivity contribution in [3.8, 4) is 0 Å². The SMILES string of the molecule is Cc1c(Cl)cccc1N1C(=O)CC(c2ccc(Cl)cc2Cl)C2=C1CCCC2=O. The molecule has 0 aromatic heterocycles. The highest BCUT2D eigenvalue weighted by molar-refractivity contribution is 6.35. The molecule has 0 saturated heterocycles. The lowest BCUT2D eigenvalue weighted by molar-refractivity contribution is -0.119. The van der Waals surface area contributed by atoms with E-state index < -0.39 is 0 Å². The second kappa shape index (κ2) is 7.55.